The van der Waals surface area contributed by atoms with Crippen molar-refractivity contribution in [2.45, 2.75) is 20.8 Å². The minimum absolute atomic E-state index is 0.874. The Morgan fingerprint density at radius 2 is 1.71 bits per heavy atom. The second-order valence-corrected chi connectivity index (χ2v) is 5.88. The molecule has 122 valence electrons. The molecule has 0 aliphatic carbocycles. The number of hydrogen-bond donors (Lipinski definition) is 0. The first-order valence-corrected chi connectivity index (χ1v) is 8.46. The number of rotatable bonds is 5. The molecule has 0 amide bonds. The molecule has 24 heavy (non-hydrogen) atoms. The molecule has 0 fully saturated rings. The zero-order chi connectivity index (χ0) is 16.9. The van der Waals surface area contributed by atoms with Gasteiger partial charge in [0, 0.05) is 24.2 Å². The van der Waals surface area contributed by atoms with Crippen molar-refractivity contribution in [1.29, 1.82) is 0 Å². The number of nitrogens with zero attached hydrogens (tertiary/aromatic N) is 3. The summed E-state index contributed by atoms with van der Waals surface area (Å²) in [5.41, 5.74) is 5.30. The summed E-state index contributed by atoms with van der Waals surface area (Å²) >= 11 is 0. The minimum Gasteiger partial charge on any atom is -0.372 e. The summed E-state index contributed by atoms with van der Waals surface area (Å²) in [4.78, 5) is 11.5. The lowest BCUT2D eigenvalue weighted by molar-refractivity contribution is 0.866. The monoisotopic (exact) mass is 317 g/mol. The highest BCUT2D eigenvalue weighted by molar-refractivity contribution is 5.86. The summed E-state index contributed by atoms with van der Waals surface area (Å²) in [6.45, 7) is 8.46. The predicted octanol–water partition coefficient (Wildman–Crippen LogP) is 5.14. The molecule has 1 aromatic heterocycles. The van der Waals surface area contributed by atoms with Crippen molar-refractivity contribution >= 4 is 28.5 Å². The van der Waals surface area contributed by atoms with Gasteiger partial charge in [-0.15, -0.1) is 0 Å². The van der Waals surface area contributed by atoms with Gasteiger partial charge in [-0.3, -0.25) is 4.99 Å². The van der Waals surface area contributed by atoms with E-state index in [0.717, 1.165) is 35.4 Å². The Balaban J connectivity index is 1.79. The highest BCUT2D eigenvalue weighted by Gasteiger charge is 2.01. The highest BCUT2D eigenvalue weighted by Crippen LogP contribution is 2.20. The van der Waals surface area contributed by atoms with E-state index >= 15 is 0 Å². The first kappa shape index (κ1) is 16.2. The van der Waals surface area contributed by atoms with Gasteiger partial charge in [0.05, 0.1) is 23.1 Å². The molecule has 3 nitrogen and oxygen atoms in total. The number of aromatic nitrogens is 1. The van der Waals surface area contributed by atoms with Gasteiger partial charge in [-0.25, -0.2) is 4.98 Å². The highest BCUT2D eigenvalue weighted by atomic mass is 15.1. The van der Waals surface area contributed by atoms with Crippen LogP contribution in [0.1, 0.15) is 25.1 Å². The topological polar surface area (TPSA) is 28.5 Å². The summed E-state index contributed by atoms with van der Waals surface area (Å²) in [6, 6.07) is 18.7. The zero-order valence-corrected chi connectivity index (χ0v) is 14.5. The summed E-state index contributed by atoms with van der Waals surface area (Å²) in [7, 11) is 0. The van der Waals surface area contributed by atoms with Crippen molar-refractivity contribution in [3.63, 3.8) is 0 Å². The second-order valence-electron chi connectivity index (χ2n) is 5.88. The van der Waals surface area contributed by atoms with Crippen LogP contribution in [-0.4, -0.2) is 24.3 Å². The maximum atomic E-state index is 4.65. The van der Waals surface area contributed by atoms with Crippen LogP contribution in [0.3, 0.4) is 0 Å². The molecule has 0 saturated heterocycles. The first-order valence-electron chi connectivity index (χ1n) is 8.46. The van der Waals surface area contributed by atoms with Gasteiger partial charge in [0.2, 0.25) is 0 Å². The predicted molar refractivity (Wildman–Crippen MR) is 104 cm³/mol. The Kier molecular flexibility index (Phi) is 4.90. The molecule has 3 aromatic rings. The fourth-order valence-corrected chi connectivity index (χ4v) is 2.81. The third-order valence-electron chi connectivity index (χ3n) is 4.19. The molecule has 0 spiro atoms. The lowest BCUT2D eigenvalue weighted by atomic mass is 10.1. The molecule has 0 aliphatic heterocycles. The lowest BCUT2D eigenvalue weighted by Crippen LogP contribution is -2.21. The quantitative estimate of drug-likeness (QED) is 0.610. The Hall–Kier alpha value is -2.68. The zero-order valence-electron chi connectivity index (χ0n) is 14.5. The molecule has 1 heterocycles. The lowest BCUT2D eigenvalue weighted by Gasteiger charge is -2.20. The van der Waals surface area contributed by atoms with E-state index in [4.69, 9.17) is 0 Å². The molecular weight excluding hydrogens is 294 g/mol. The molecule has 0 radical (unpaired) electrons. The molecule has 0 aliphatic rings. The largest absolute Gasteiger partial charge is 0.372 e. The Morgan fingerprint density at radius 1 is 0.958 bits per heavy atom. The number of pyridine rings is 1. The average Bonchev–Trinajstić information content (AvgIpc) is 2.62. The number of hydrogen-bond acceptors (Lipinski definition) is 3. The van der Waals surface area contributed by atoms with Crippen molar-refractivity contribution in [3.05, 3.63) is 65.9 Å². The van der Waals surface area contributed by atoms with E-state index < -0.39 is 0 Å². The average molecular weight is 317 g/mol. The molecule has 0 N–H and O–H groups in total. The van der Waals surface area contributed by atoms with Crippen LogP contribution >= 0.6 is 0 Å². The third-order valence-corrected chi connectivity index (χ3v) is 4.19. The maximum Gasteiger partial charge on any atom is 0.0820 e. The van der Waals surface area contributed by atoms with E-state index in [0.29, 0.717) is 0 Å². The van der Waals surface area contributed by atoms with E-state index in [-0.39, 0.29) is 0 Å². The molecule has 3 heteroatoms. The van der Waals surface area contributed by atoms with Crippen LogP contribution < -0.4 is 4.90 Å². The normalized spacial score (nSPS) is 11.3. The van der Waals surface area contributed by atoms with Gasteiger partial charge in [-0.2, -0.15) is 0 Å². The van der Waals surface area contributed by atoms with Crippen LogP contribution in [0, 0.1) is 6.92 Å². The van der Waals surface area contributed by atoms with E-state index in [9.17, 15) is 0 Å². The minimum atomic E-state index is 0.874. The Morgan fingerprint density at radius 3 is 2.42 bits per heavy atom. The van der Waals surface area contributed by atoms with E-state index in [2.05, 4.69) is 84.2 Å². The van der Waals surface area contributed by atoms with Gasteiger partial charge in [0.25, 0.3) is 0 Å². The Bertz CT molecular complexity index is 847. The van der Waals surface area contributed by atoms with Gasteiger partial charge < -0.3 is 4.90 Å². The van der Waals surface area contributed by atoms with Gasteiger partial charge in [0.15, 0.2) is 0 Å². The van der Waals surface area contributed by atoms with Crippen LogP contribution in [0.25, 0.3) is 10.9 Å². The molecule has 0 atom stereocenters. The number of aryl methyl sites for hydroxylation is 1. The van der Waals surface area contributed by atoms with Crippen LogP contribution in [0.5, 0.6) is 0 Å². The van der Waals surface area contributed by atoms with Gasteiger partial charge >= 0.3 is 0 Å². The van der Waals surface area contributed by atoms with E-state index in [1.54, 1.807) is 0 Å². The van der Waals surface area contributed by atoms with Crippen LogP contribution in [-0.2, 0) is 0 Å². The van der Waals surface area contributed by atoms with Crippen molar-refractivity contribution in [2.24, 2.45) is 4.99 Å². The maximum absolute atomic E-state index is 4.65. The van der Waals surface area contributed by atoms with Crippen molar-refractivity contribution in [1.82, 2.24) is 4.98 Å². The number of aliphatic imine (C=N–C) groups is 1. The SMILES string of the molecule is CCN(CC)c1ccc(N=Cc2ccc3cc(C)ccc3n2)cc1. The molecular formula is C21H23N3. The van der Waals surface area contributed by atoms with Crippen LogP contribution in [0.15, 0.2) is 59.6 Å². The molecule has 0 unspecified atom stereocenters. The van der Waals surface area contributed by atoms with Gasteiger partial charge in [-0.05, 0) is 63.2 Å². The summed E-state index contributed by atoms with van der Waals surface area (Å²) < 4.78 is 0. The first-order chi connectivity index (χ1) is 11.7. The van der Waals surface area contributed by atoms with E-state index in [1.807, 2.05) is 12.3 Å². The smallest absolute Gasteiger partial charge is 0.0820 e. The number of fused-ring (bicyclic) bond motifs is 1. The Labute approximate surface area is 143 Å². The van der Waals surface area contributed by atoms with Crippen LogP contribution in [0.2, 0.25) is 0 Å². The molecule has 0 saturated carbocycles. The van der Waals surface area contributed by atoms with Crippen LogP contribution in [0.4, 0.5) is 11.4 Å². The molecule has 2 aromatic carbocycles. The van der Waals surface area contributed by atoms with Gasteiger partial charge in [-0.1, -0.05) is 17.7 Å². The summed E-state index contributed by atoms with van der Waals surface area (Å²) in [5, 5.41) is 1.16. The summed E-state index contributed by atoms with van der Waals surface area (Å²) in [6.07, 6.45) is 1.83. The van der Waals surface area contributed by atoms with E-state index in [1.165, 1.54) is 11.3 Å². The molecule has 3 rings (SSSR count). The van der Waals surface area contributed by atoms with Crippen molar-refractivity contribution in [2.75, 3.05) is 18.0 Å². The fraction of sp³-hybridized carbons (Fsp3) is 0.238. The summed E-state index contributed by atoms with van der Waals surface area (Å²) in [5.74, 6) is 0. The third kappa shape index (κ3) is 3.62. The van der Waals surface area contributed by atoms with Crippen molar-refractivity contribution in [3.8, 4) is 0 Å². The molecule has 0 bridgehead atoms. The second kappa shape index (κ2) is 7.26. The van der Waals surface area contributed by atoms with Crippen molar-refractivity contribution < 1.29 is 0 Å². The van der Waals surface area contributed by atoms with Gasteiger partial charge in [0.1, 0.15) is 0 Å². The standard InChI is InChI=1S/C21H23N3/c1-4-24(5-2)20-11-9-18(10-12-20)22-15-19-8-7-17-14-16(3)6-13-21(17)23-19/h6-15H,4-5H2,1-3H3. The number of benzene rings is 2. The fourth-order valence-electron chi connectivity index (χ4n) is 2.81. The number of anilines is 1.